The van der Waals surface area contributed by atoms with E-state index >= 15 is 0 Å². The van der Waals surface area contributed by atoms with Crippen LogP contribution in [0, 0.1) is 0 Å². The number of amides is 1. The van der Waals surface area contributed by atoms with Crippen LogP contribution in [-0.4, -0.2) is 38.8 Å². The van der Waals surface area contributed by atoms with Crippen LogP contribution in [0.4, 0.5) is 14.5 Å². The molecular formula is C16H14Cl2F2N2O4S. The zero-order valence-corrected chi connectivity index (χ0v) is 16.2. The van der Waals surface area contributed by atoms with Crippen molar-refractivity contribution in [3.05, 3.63) is 52.5 Å². The van der Waals surface area contributed by atoms with Gasteiger partial charge in [-0.2, -0.15) is 13.1 Å². The van der Waals surface area contributed by atoms with E-state index in [2.05, 4.69) is 10.1 Å². The van der Waals surface area contributed by atoms with Gasteiger partial charge >= 0.3 is 6.61 Å². The van der Waals surface area contributed by atoms with Crippen LogP contribution in [0.3, 0.4) is 0 Å². The zero-order chi connectivity index (χ0) is 20.2. The molecule has 1 N–H and O–H groups in total. The molecule has 0 aromatic heterocycles. The fourth-order valence-electron chi connectivity index (χ4n) is 2.04. The van der Waals surface area contributed by atoms with Crippen LogP contribution in [-0.2, 0) is 14.8 Å². The summed E-state index contributed by atoms with van der Waals surface area (Å²) in [6.07, 6.45) is 0. The number of carbonyl (C=O) groups is 1. The number of rotatable bonds is 7. The molecule has 27 heavy (non-hydrogen) atoms. The van der Waals surface area contributed by atoms with Crippen molar-refractivity contribution in [1.29, 1.82) is 0 Å². The lowest BCUT2D eigenvalue weighted by atomic mass is 10.3. The standard InChI is InChI=1S/C16H14Cl2F2N2O4S/c1-22(27(24,25)12-5-2-10(17)3-6-12)9-15(23)21-11-4-7-14(13(18)8-11)26-16(19)20/h2-8,16H,9H2,1H3,(H,21,23). The van der Waals surface area contributed by atoms with Crippen molar-refractivity contribution in [3.63, 3.8) is 0 Å². The Labute approximate surface area is 164 Å². The summed E-state index contributed by atoms with van der Waals surface area (Å²) in [7, 11) is -2.64. The molecule has 2 aromatic carbocycles. The lowest BCUT2D eigenvalue weighted by Crippen LogP contribution is -2.34. The number of likely N-dealkylation sites (N-methyl/N-ethyl adjacent to an activating group) is 1. The SMILES string of the molecule is CN(CC(=O)Nc1ccc(OC(F)F)c(Cl)c1)S(=O)(=O)c1ccc(Cl)cc1. The molecule has 0 atom stereocenters. The largest absolute Gasteiger partial charge is 0.433 e. The molecule has 0 heterocycles. The number of sulfonamides is 1. The number of anilines is 1. The number of nitrogens with one attached hydrogen (secondary N) is 1. The van der Waals surface area contributed by atoms with Gasteiger partial charge in [-0.15, -0.1) is 0 Å². The molecule has 1 amide bonds. The van der Waals surface area contributed by atoms with Crippen molar-refractivity contribution in [2.24, 2.45) is 0 Å². The summed E-state index contributed by atoms with van der Waals surface area (Å²) in [5, 5.41) is 2.68. The number of nitrogens with zero attached hydrogens (tertiary/aromatic N) is 1. The fourth-order valence-corrected chi connectivity index (χ4v) is 3.52. The Bertz CT molecular complexity index is 925. The normalized spacial score (nSPS) is 11.7. The van der Waals surface area contributed by atoms with Gasteiger partial charge in [0.2, 0.25) is 15.9 Å². The first-order chi connectivity index (χ1) is 12.6. The highest BCUT2D eigenvalue weighted by atomic mass is 35.5. The molecule has 0 spiro atoms. The maximum absolute atomic E-state index is 12.4. The van der Waals surface area contributed by atoms with Crippen LogP contribution in [0.2, 0.25) is 10.0 Å². The number of hydrogen-bond donors (Lipinski definition) is 1. The van der Waals surface area contributed by atoms with Gasteiger partial charge in [0.15, 0.2) is 0 Å². The molecule has 0 aliphatic heterocycles. The van der Waals surface area contributed by atoms with Gasteiger partial charge in [0.1, 0.15) is 5.75 Å². The lowest BCUT2D eigenvalue weighted by molar-refractivity contribution is -0.116. The van der Waals surface area contributed by atoms with E-state index in [1.54, 1.807) is 0 Å². The van der Waals surface area contributed by atoms with Crippen molar-refractivity contribution in [1.82, 2.24) is 4.31 Å². The number of halogens is 4. The average Bonchev–Trinajstić information content (AvgIpc) is 2.57. The van der Waals surface area contributed by atoms with Crippen LogP contribution < -0.4 is 10.1 Å². The number of hydrogen-bond acceptors (Lipinski definition) is 4. The van der Waals surface area contributed by atoms with E-state index in [9.17, 15) is 22.0 Å². The first-order valence-electron chi connectivity index (χ1n) is 7.35. The second-order valence-corrected chi connectivity index (χ2v) is 8.18. The highest BCUT2D eigenvalue weighted by Gasteiger charge is 2.23. The van der Waals surface area contributed by atoms with Crippen molar-refractivity contribution in [3.8, 4) is 5.75 Å². The van der Waals surface area contributed by atoms with E-state index < -0.39 is 29.1 Å². The Morgan fingerprint density at radius 1 is 1.19 bits per heavy atom. The van der Waals surface area contributed by atoms with Crippen LogP contribution in [0.25, 0.3) is 0 Å². The van der Waals surface area contributed by atoms with Crippen LogP contribution in [0.15, 0.2) is 47.4 Å². The molecule has 6 nitrogen and oxygen atoms in total. The highest BCUT2D eigenvalue weighted by Crippen LogP contribution is 2.29. The van der Waals surface area contributed by atoms with E-state index in [4.69, 9.17) is 23.2 Å². The highest BCUT2D eigenvalue weighted by molar-refractivity contribution is 7.89. The fraction of sp³-hybridized carbons (Fsp3) is 0.188. The number of alkyl halides is 2. The third-order valence-corrected chi connectivity index (χ3v) is 5.68. The quantitative estimate of drug-likeness (QED) is 0.711. The van der Waals surface area contributed by atoms with Gasteiger partial charge in [-0.1, -0.05) is 23.2 Å². The Kier molecular flexibility index (Phi) is 6.99. The van der Waals surface area contributed by atoms with Gasteiger partial charge in [-0.25, -0.2) is 8.42 Å². The van der Waals surface area contributed by atoms with Crippen LogP contribution in [0.5, 0.6) is 5.75 Å². The van der Waals surface area contributed by atoms with Gasteiger partial charge in [0.05, 0.1) is 16.5 Å². The third-order valence-electron chi connectivity index (χ3n) is 3.32. The van der Waals surface area contributed by atoms with Crippen molar-refractivity contribution in [2.45, 2.75) is 11.5 Å². The Balaban J connectivity index is 2.04. The molecule has 11 heteroatoms. The maximum Gasteiger partial charge on any atom is 0.387 e. The molecule has 0 saturated carbocycles. The molecule has 0 fully saturated rings. The topological polar surface area (TPSA) is 75.7 Å². The van der Waals surface area contributed by atoms with Crippen molar-refractivity contribution in [2.75, 3.05) is 18.9 Å². The zero-order valence-electron chi connectivity index (χ0n) is 13.8. The summed E-state index contributed by atoms with van der Waals surface area (Å²) in [4.78, 5) is 12.1. The van der Waals surface area contributed by atoms with E-state index in [0.29, 0.717) is 5.02 Å². The third kappa shape index (κ3) is 5.77. The minimum Gasteiger partial charge on any atom is -0.433 e. The summed E-state index contributed by atoms with van der Waals surface area (Å²) in [6, 6.07) is 9.18. The first-order valence-corrected chi connectivity index (χ1v) is 9.55. The molecular weight excluding hydrogens is 425 g/mol. The lowest BCUT2D eigenvalue weighted by Gasteiger charge is -2.17. The van der Waals surface area contributed by atoms with Gasteiger partial charge in [0.25, 0.3) is 0 Å². The molecule has 2 rings (SSSR count). The molecule has 146 valence electrons. The first kappa shape index (κ1) is 21.4. The Morgan fingerprint density at radius 2 is 1.81 bits per heavy atom. The molecule has 0 saturated heterocycles. The summed E-state index contributed by atoms with van der Waals surface area (Å²) in [6.45, 7) is -3.51. The van der Waals surface area contributed by atoms with Gasteiger partial charge < -0.3 is 10.1 Å². The number of carbonyl (C=O) groups excluding carboxylic acids is 1. The molecule has 0 unspecified atom stereocenters. The monoisotopic (exact) mass is 438 g/mol. The predicted octanol–water partition coefficient (Wildman–Crippen LogP) is 3.85. The molecule has 0 aliphatic rings. The number of ether oxygens (including phenoxy) is 1. The van der Waals surface area contributed by atoms with E-state index in [-0.39, 0.29) is 21.4 Å². The summed E-state index contributed by atoms with van der Waals surface area (Å²) in [5.41, 5.74) is 0.198. The second kappa shape index (κ2) is 8.83. The Hall–Kier alpha value is -1.94. The van der Waals surface area contributed by atoms with E-state index in [1.807, 2.05) is 0 Å². The summed E-state index contributed by atoms with van der Waals surface area (Å²) >= 11 is 11.5. The molecule has 0 radical (unpaired) electrons. The second-order valence-electron chi connectivity index (χ2n) is 5.29. The van der Waals surface area contributed by atoms with Crippen molar-refractivity contribution < 1.29 is 26.7 Å². The summed E-state index contributed by atoms with van der Waals surface area (Å²) < 4.78 is 54.3. The predicted molar refractivity (Wildman–Crippen MR) is 98.0 cm³/mol. The average molecular weight is 439 g/mol. The van der Waals surface area contributed by atoms with Crippen LogP contribution in [0.1, 0.15) is 0 Å². The van der Waals surface area contributed by atoms with Gasteiger partial charge in [0, 0.05) is 17.8 Å². The molecule has 0 aliphatic carbocycles. The maximum atomic E-state index is 12.4. The number of benzene rings is 2. The van der Waals surface area contributed by atoms with Crippen molar-refractivity contribution >= 4 is 44.8 Å². The van der Waals surface area contributed by atoms with E-state index in [0.717, 1.165) is 10.4 Å². The van der Waals surface area contributed by atoms with E-state index in [1.165, 1.54) is 43.4 Å². The minimum absolute atomic E-state index is 0.0151. The molecule has 2 aromatic rings. The van der Waals surface area contributed by atoms with Gasteiger partial charge in [-0.05, 0) is 42.5 Å². The van der Waals surface area contributed by atoms with Crippen LogP contribution >= 0.6 is 23.2 Å². The summed E-state index contributed by atoms with van der Waals surface area (Å²) in [5.74, 6) is -0.888. The van der Waals surface area contributed by atoms with Gasteiger partial charge in [-0.3, -0.25) is 4.79 Å². The smallest absolute Gasteiger partial charge is 0.387 e. The minimum atomic E-state index is -3.89. The Morgan fingerprint density at radius 3 is 2.37 bits per heavy atom. The molecule has 0 bridgehead atoms.